The molecule has 5 rings (SSSR count). The van der Waals surface area contributed by atoms with Crippen molar-refractivity contribution in [2.75, 3.05) is 13.2 Å². The van der Waals surface area contributed by atoms with E-state index < -0.39 is 18.1 Å². The average molecular weight is 478 g/mol. The third-order valence-corrected chi connectivity index (χ3v) is 6.13. The van der Waals surface area contributed by atoms with Crippen LogP contribution in [0, 0.1) is 5.82 Å². The Morgan fingerprint density at radius 1 is 1.12 bits per heavy atom. The lowest BCUT2D eigenvalue weighted by Gasteiger charge is -2.71. The molecule has 176 valence electrons. The maximum atomic E-state index is 13.4. The second kappa shape index (κ2) is 9.54. The van der Waals surface area contributed by atoms with Crippen molar-refractivity contribution in [1.82, 2.24) is 16.0 Å². The van der Waals surface area contributed by atoms with Crippen LogP contribution in [0.4, 0.5) is 9.18 Å². The average Bonchev–Trinajstić information content (AvgIpc) is 2.75. The van der Waals surface area contributed by atoms with Crippen LogP contribution in [0.5, 0.6) is 5.75 Å². The van der Waals surface area contributed by atoms with Gasteiger partial charge in [-0.3, -0.25) is 10.1 Å². The maximum absolute atomic E-state index is 13.4. The van der Waals surface area contributed by atoms with Gasteiger partial charge in [-0.2, -0.15) is 0 Å². The molecule has 2 bridgehead atoms. The highest BCUT2D eigenvalue weighted by Gasteiger charge is 2.68. The smallest absolute Gasteiger partial charge is 0.407 e. The van der Waals surface area contributed by atoms with E-state index in [1.165, 1.54) is 12.1 Å². The highest BCUT2D eigenvalue weighted by atomic mass is 35.5. The molecule has 0 radical (unpaired) electrons. The van der Waals surface area contributed by atoms with Gasteiger partial charge in [-0.25, -0.2) is 9.18 Å². The number of rotatable bonds is 10. The maximum Gasteiger partial charge on any atom is 0.407 e. The number of carbonyl (C=O) groups is 2. The van der Waals surface area contributed by atoms with E-state index >= 15 is 0 Å². The summed E-state index contributed by atoms with van der Waals surface area (Å²) in [6, 6.07) is 13.3. The summed E-state index contributed by atoms with van der Waals surface area (Å²) in [4.78, 5) is 24.0. The number of aliphatic hydroxyl groups is 1. The van der Waals surface area contributed by atoms with Gasteiger partial charge in [-0.05, 0) is 37.0 Å². The number of aliphatic hydroxyl groups excluding tert-OH is 1. The molecule has 1 atom stereocenters. The van der Waals surface area contributed by atoms with Gasteiger partial charge in [0.1, 0.15) is 24.4 Å². The summed E-state index contributed by atoms with van der Waals surface area (Å²) in [7, 11) is 0. The predicted molar refractivity (Wildman–Crippen MR) is 118 cm³/mol. The van der Waals surface area contributed by atoms with Gasteiger partial charge in [-0.1, -0.05) is 41.9 Å². The summed E-state index contributed by atoms with van der Waals surface area (Å²) in [6.45, 7) is -0.0832. The van der Waals surface area contributed by atoms with Crippen LogP contribution < -0.4 is 20.7 Å². The molecule has 0 saturated heterocycles. The van der Waals surface area contributed by atoms with Gasteiger partial charge in [0.15, 0.2) is 6.61 Å². The van der Waals surface area contributed by atoms with E-state index in [4.69, 9.17) is 21.1 Å². The van der Waals surface area contributed by atoms with Crippen LogP contribution >= 0.6 is 11.6 Å². The Bertz CT molecular complexity index is 1000. The lowest BCUT2D eigenvalue weighted by molar-refractivity contribution is -0.150. The Morgan fingerprint density at radius 3 is 2.55 bits per heavy atom. The van der Waals surface area contributed by atoms with Crippen LogP contribution in [0.2, 0.25) is 5.02 Å². The van der Waals surface area contributed by atoms with Crippen molar-refractivity contribution in [2.45, 2.75) is 43.2 Å². The second-order valence-electron chi connectivity index (χ2n) is 8.61. The van der Waals surface area contributed by atoms with Gasteiger partial charge in [-0.15, -0.1) is 0 Å². The standard InChI is InChI=1S/C23H25ClFN3O5/c24-17-7-6-16(8-18(17)25)32-11-20(30)28-23-12-22(13-23,14-23)27-19(29)9-26-21(31)33-10-15-4-2-1-3-5-15/h1-8,19,27,29H,9-14H2,(H,26,31)(H,28,30). The molecular formula is C23H25ClFN3O5. The molecule has 3 aliphatic carbocycles. The van der Waals surface area contributed by atoms with Gasteiger partial charge < -0.3 is 25.2 Å². The molecule has 1 unspecified atom stereocenters. The normalized spacial score (nSPS) is 23.5. The number of hydrogen-bond acceptors (Lipinski definition) is 6. The Morgan fingerprint density at radius 2 is 1.85 bits per heavy atom. The summed E-state index contributed by atoms with van der Waals surface area (Å²) >= 11 is 5.62. The summed E-state index contributed by atoms with van der Waals surface area (Å²) in [5, 5.41) is 18.8. The van der Waals surface area contributed by atoms with Crippen molar-refractivity contribution in [3.05, 3.63) is 64.9 Å². The van der Waals surface area contributed by atoms with Crippen LogP contribution in [0.1, 0.15) is 24.8 Å². The Kier molecular flexibility index (Phi) is 6.73. The van der Waals surface area contributed by atoms with Gasteiger partial charge in [0, 0.05) is 17.1 Å². The molecule has 10 heteroatoms. The minimum absolute atomic E-state index is 0.000222. The fraction of sp³-hybridized carbons (Fsp3) is 0.391. The van der Waals surface area contributed by atoms with Crippen LogP contribution in [0.3, 0.4) is 0 Å². The monoisotopic (exact) mass is 477 g/mol. The first-order valence-corrected chi connectivity index (χ1v) is 10.9. The molecule has 2 aromatic carbocycles. The summed E-state index contributed by atoms with van der Waals surface area (Å²) < 4.78 is 23.8. The summed E-state index contributed by atoms with van der Waals surface area (Å²) in [6.07, 6.45) is 0.442. The van der Waals surface area contributed by atoms with Crippen LogP contribution in [-0.4, -0.2) is 47.6 Å². The van der Waals surface area contributed by atoms with Gasteiger partial charge in [0.05, 0.1) is 11.6 Å². The van der Waals surface area contributed by atoms with E-state index in [0.717, 1.165) is 11.6 Å². The van der Waals surface area contributed by atoms with Crippen molar-refractivity contribution in [2.24, 2.45) is 0 Å². The Labute approximate surface area is 195 Å². The van der Waals surface area contributed by atoms with E-state index in [1.54, 1.807) is 0 Å². The quantitative estimate of drug-likeness (QED) is 0.391. The Balaban J connectivity index is 1.11. The number of ether oxygens (including phenoxy) is 2. The zero-order chi connectivity index (χ0) is 23.5. The predicted octanol–water partition coefficient (Wildman–Crippen LogP) is 2.48. The zero-order valence-electron chi connectivity index (χ0n) is 17.8. The fourth-order valence-electron chi connectivity index (χ4n) is 4.48. The van der Waals surface area contributed by atoms with E-state index in [9.17, 15) is 19.1 Å². The Hall–Kier alpha value is -2.88. The molecule has 3 aliphatic rings. The summed E-state index contributed by atoms with van der Waals surface area (Å²) in [5.74, 6) is -0.692. The van der Waals surface area contributed by atoms with Gasteiger partial charge in [0.2, 0.25) is 0 Å². The molecule has 4 N–H and O–H groups in total. The van der Waals surface area contributed by atoms with Crippen LogP contribution in [0.15, 0.2) is 48.5 Å². The molecule has 8 nitrogen and oxygen atoms in total. The topological polar surface area (TPSA) is 109 Å². The second-order valence-corrected chi connectivity index (χ2v) is 9.01. The minimum atomic E-state index is -0.939. The molecule has 2 amide bonds. The molecular weight excluding hydrogens is 453 g/mol. The number of amides is 2. The minimum Gasteiger partial charge on any atom is -0.484 e. The third-order valence-electron chi connectivity index (χ3n) is 5.82. The summed E-state index contributed by atoms with van der Waals surface area (Å²) in [5.41, 5.74) is 0.293. The molecule has 0 aromatic heterocycles. The van der Waals surface area contributed by atoms with E-state index in [2.05, 4.69) is 16.0 Å². The first kappa shape index (κ1) is 23.3. The number of carbonyl (C=O) groups excluding carboxylic acids is 2. The number of nitrogens with one attached hydrogen (secondary N) is 3. The number of benzene rings is 2. The van der Waals surface area contributed by atoms with Crippen molar-refractivity contribution in [3.8, 4) is 5.75 Å². The lowest BCUT2D eigenvalue weighted by Crippen LogP contribution is -2.84. The molecule has 2 aromatic rings. The zero-order valence-corrected chi connectivity index (χ0v) is 18.5. The number of alkyl carbamates (subject to hydrolysis) is 1. The third kappa shape index (κ3) is 5.73. The molecule has 3 fully saturated rings. The first-order chi connectivity index (χ1) is 15.8. The van der Waals surface area contributed by atoms with E-state index in [-0.39, 0.29) is 47.5 Å². The van der Waals surface area contributed by atoms with Crippen molar-refractivity contribution in [3.63, 3.8) is 0 Å². The van der Waals surface area contributed by atoms with Crippen molar-refractivity contribution < 1.29 is 28.6 Å². The SMILES string of the molecule is O=C(COc1ccc(Cl)c(F)c1)NC12CC(NC(O)CNC(=O)OCc3ccccc3)(C1)C2. The fourth-order valence-corrected chi connectivity index (χ4v) is 4.60. The molecule has 0 aliphatic heterocycles. The lowest BCUT2D eigenvalue weighted by atomic mass is 9.44. The highest BCUT2D eigenvalue weighted by Crippen LogP contribution is 2.60. The van der Waals surface area contributed by atoms with Crippen LogP contribution in [-0.2, 0) is 16.1 Å². The largest absolute Gasteiger partial charge is 0.484 e. The van der Waals surface area contributed by atoms with Crippen molar-refractivity contribution >= 4 is 23.6 Å². The van der Waals surface area contributed by atoms with Crippen LogP contribution in [0.25, 0.3) is 0 Å². The number of halogens is 2. The molecule has 3 saturated carbocycles. The van der Waals surface area contributed by atoms with Crippen molar-refractivity contribution in [1.29, 1.82) is 0 Å². The van der Waals surface area contributed by atoms with E-state index in [1.807, 2.05) is 30.3 Å². The highest BCUT2D eigenvalue weighted by molar-refractivity contribution is 6.30. The molecule has 0 heterocycles. The number of hydrogen-bond donors (Lipinski definition) is 4. The van der Waals surface area contributed by atoms with Gasteiger partial charge >= 0.3 is 6.09 Å². The molecule has 0 spiro atoms. The first-order valence-electron chi connectivity index (χ1n) is 10.6. The van der Waals surface area contributed by atoms with Gasteiger partial charge in [0.25, 0.3) is 5.91 Å². The molecule has 33 heavy (non-hydrogen) atoms. The van der Waals surface area contributed by atoms with E-state index in [0.29, 0.717) is 19.3 Å².